The number of aliphatic hydroxyl groups is 1. The normalized spacial score (nSPS) is 12.5. The highest BCUT2D eigenvalue weighted by Crippen LogP contribution is 2.19. The number of aliphatic hydroxyl groups excluding tert-OH is 1. The maximum Gasteiger partial charge on any atom is 0.387 e. The van der Waals surface area contributed by atoms with Gasteiger partial charge in [0.05, 0.1) is 19.3 Å². The minimum absolute atomic E-state index is 0.0359. The molecular formula is C21H28F2N4O4. The van der Waals surface area contributed by atoms with E-state index in [0.29, 0.717) is 43.7 Å². The molecule has 0 saturated carbocycles. The Kier molecular flexibility index (Phi) is 10.5. The number of hydrogen-bond donors (Lipinski definition) is 3. The number of nitrogens with one attached hydrogen (secondary N) is 2. The Morgan fingerprint density at radius 2 is 1.94 bits per heavy atom. The molecule has 0 saturated heterocycles. The molecule has 0 aliphatic heterocycles. The number of aromatic nitrogens is 1. The summed E-state index contributed by atoms with van der Waals surface area (Å²) < 4.78 is 39.4. The van der Waals surface area contributed by atoms with Crippen molar-refractivity contribution in [3.63, 3.8) is 0 Å². The lowest BCUT2D eigenvalue weighted by Gasteiger charge is -2.16. The molecule has 0 spiro atoms. The molecular weight excluding hydrogens is 410 g/mol. The lowest BCUT2D eigenvalue weighted by molar-refractivity contribution is -0.0498. The fourth-order valence-electron chi connectivity index (χ4n) is 2.58. The maximum atomic E-state index is 12.2. The number of halogens is 2. The predicted octanol–water partition coefficient (Wildman–Crippen LogP) is 2.50. The number of guanidine groups is 1. The highest BCUT2D eigenvalue weighted by Gasteiger charge is 2.11. The third-order valence-corrected chi connectivity index (χ3v) is 4.08. The number of methoxy groups -OCH3 is 1. The summed E-state index contributed by atoms with van der Waals surface area (Å²) in [5, 5.41) is 16.6. The molecule has 0 fully saturated rings. The van der Waals surface area contributed by atoms with Gasteiger partial charge in [-0.3, -0.25) is 0 Å². The van der Waals surface area contributed by atoms with E-state index in [1.54, 1.807) is 19.4 Å². The van der Waals surface area contributed by atoms with E-state index in [0.717, 1.165) is 5.56 Å². The summed E-state index contributed by atoms with van der Waals surface area (Å²) in [6.45, 7) is 1.01. The van der Waals surface area contributed by atoms with Crippen LogP contribution < -0.4 is 20.1 Å². The molecule has 0 bridgehead atoms. The second-order valence-corrected chi connectivity index (χ2v) is 6.35. The second-order valence-electron chi connectivity index (χ2n) is 6.35. The first kappa shape index (κ1) is 24.3. The van der Waals surface area contributed by atoms with Crippen molar-refractivity contribution in [3.8, 4) is 11.6 Å². The number of hydrogen-bond acceptors (Lipinski definition) is 6. The van der Waals surface area contributed by atoms with Gasteiger partial charge in [0, 0.05) is 32.0 Å². The predicted molar refractivity (Wildman–Crippen MR) is 112 cm³/mol. The standard InChI is InChI=1S/C21H28F2N4O4/c1-3-24-21(26-13-16-5-4-10-25-19(16)30-12-11-29-2)27-14-18(28)15-6-8-17(9-7-15)31-20(22)23/h4-10,18,20,28H,3,11-14H2,1-2H3,(H2,24,26,27). The third-order valence-electron chi connectivity index (χ3n) is 4.08. The van der Waals surface area contributed by atoms with Crippen LogP contribution in [0.2, 0.25) is 0 Å². The zero-order valence-corrected chi connectivity index (χ0v) is 17.6. The molecule has 8 nitrogen and oxygen atoms in total. The van der Waals surface area contributed by atoms with Gasteiger partial charge in [0.1, 0.15) is 12.4 Å². The lowest BCUT2D eigenvalue weighted by Crippen LogP contribution is -2.39. The summed E-state index contributed by atoms with van der Waals surface area (Å²) in [6.07, 6.45) is 0.781. The number of nitrogens with zero attached hydrogens (tertiary/aromatic N) is 2. The van der Waals surface area contributed by atoms with Crippen LogP contribution in [0.5, 0.6) is 11.6 Å². The number of ether oxygens (including phenoxy) is 3. The molecule has 31 heavy (non-hydrogen) atoms. The Morgan fingerprint density at radius 3 is 2.61 bits per heavy atom. The number of aliphatic imine (C=N–C) groups is 1. The molecule has 0 aliphatic carbocycles. The molecule has 1 unspecified atom stereocenters. The molecule has 10 heteroatoms. The molecule has 170 valence electrons. The first-order chi connectivity index (χ1) is 15.0. The minimum atomic E-state index is -2.89. The number of pyridine rings is 1. The summed E-state index contributed by atoms with van der Waals surface area (Å²) in [5.41, 5.74) is 1.37. The third kappa shape index (κ3) is 8.73. The van der Waals surface area contributed by atoms with Gasteiger partial charge in [-0.2, -0.15) is 8.78 Å². The van der Waals surface area contributed by atoms with Crippen molar-refractivity contribution in [2.75, 3.05) is 33.4 Å². The highest BCUT2D eigenvalue weighted by molar-refractivity contribution is 5.79. The molecule has 1 heterocycles. The van der Waals surface area contributed by atoms with Gasteiger partial charge in [0.25, 0.3) is 0 Å². The monoisotopic (exact) mass is 438 g/mol. The summed E-state index contributed by atoms with van der Waals surface area (Å²) in [7, 11) is 1.60. The van der Waals surface area contributed by atoms with Crippen molar-refractivity contribution < 1.29 is 28.1 Å². The molecule has 2 aromatic rings. The van der Waals surface area contributed by atoms with Gasteiger partial charge >= 0.3 is 6.61 Å². The van der Waals surface area contributed by atoms with E-state index in [1.807, 2.05) is 13.0 Å². The maximum absolute atomic E-state index is 12.2. The summed E-state index contributed by atoms with van der Waals surface area (Å²) in [4.78, 5) is 8.74. The van der Waals surface area contributed by atoms with Crippen molar-refractivity contribution >= 4 is 5.96 Å². The van der Waals surface area contributed by atoms with Crippen LogP contribution in [0.15, 0.2) is 47.6 Å². The van der Waals surface area contributed by atoms with Gasteiger partial charge in [-0.05, 0) is 30.7 Å². The average Bonchev–Trinajstić information content (AvgIpc) is 2.76. The second kappa shape index (κ2) is 13.3. The Hall–Kier alpha value is -2.98. The van der Waals surface area contributed by atoms with E-state index < -0.39 is 12.7 Å². The van der Waals surface area contributed by atoms with Gasteiger partial charge in [-0.25, -0.2) is 9.98 Å². The average molecular weight is 438 g/mol. The van der Waals surface area contributed by atoms with Crippen LogP contribution in [0.1, 0.15) is 24.2 Å². The van der Waals surface area contributed by atoms with E-state index in [9.17, 15) is 13.9 Å². The van der Waals surface area contributed by atoms with E-state index >= 15 is 0 Å². The van der Waals surface area contributed by atoms with Gasteiger partial charge in [0.15, 0.2) is 5.96 Å². The Labute approximate surface area is 180 Å². The zero-order valence-electron chi connectivity index (χ0n) is 17.6. The van der Waals surface area contributed by atoms with Crippen molar-refractivity contribution in [2.24, 2.45) is 4.99 Å². The van der Waals surface area contributed by atoms with Crippen LogP contribution in [-0.4, -0.2) is 56.1 Å². The SMILES string of the molecule is CCNC(=NCc1cccnc1OCCOC)NCC(O)c1ccc(OC(F)F)cc1. The molecule has 0 amide bonds. The first-order valence-corrected chi connectivity index (χ1v) is 9.84. The molecule has 0 radical (unpaired) electrons. The zero-order chi connectivity index (χ0) is 22.5. The Bertz CT molecular complexity index is 806. The smallest absolute Gasteiger partial charge is 0.387 e. The summed E-state index contributed by atoms with van der Waals surface area (Å²) in [6, 6.07) is 9.52. The van der Waals surface area contributed by atoms with E-state index in [-0.39, 0.29) is 12.3 Å². The quantitative estimate of drug-likeness (QED) is 0.266. The van der Waals surface area contributed by atoms with E-state index in [2.05, 4.69) is 25.3 Å². The van der Waals surface area contributed by atoms with Gasteiger partial charge < -0.3 is 30.0 Å². The highest BCUT2D eigenvalue weighted by atomic mass is 19.3. The number of rotatable bonds is 12. The lowest BCUT2D eigenvalue weighted by atomic mass is 10.1. The molecule has 1 aromatic carbocycles. The van der Waals surface area contributed by atoms with Crippen molar-refractivity contribution in [3.05, 3.63) is 53.7 Å². The summed E-state index contributed by atoms with van der Waals surface area (Å²) in [5.74, 6) is 1.03. The van der Waals surface area contributed by atoms with Gasteiger partial charge in [-0.1, -0.05) is 18.2 Å². The molecule has 0 aliphatic rings. The molecule has 1 atom stereocenters. The van der Waals surface area contributed by atoms with E-state index in [4.69, 9.17) is 9.47 Å². The molecule has 3 N–H and O–H groups in total. The van der Waals surface area contributed by atoms with Gasteiger partial charge in [-0.15, -0.1) is 0 Å². The fraction of sp³-hybridized carbons (Fsp3) is 0.429. The fourth-order valence-corrected chi connectivity index (χ4v) is 2.58. The number of alkyl halides is 2. The van der Waals surface area contributed by atoms with Crippen molar-refractivity contribution in [2.45, 2.75) is 26.2 Å². The Balaban J connectivity index is 1.95. The largest absolute Gasteiger partial charge is 0.475 e. The van der Waals surface area contributed by atoms with E-state index in [1.165, 1.54) is 24.3 Å². The topological polar surface area (TPSA) is 97.2 Å². The van der Waals surface area contributed by atoms with Crippen molar-refractivity contribution in [1.82, 2.24) is 15.6 Å². The van der Waals surface area contributed by atoms with Crippen molar-refractivity contribution in [1.29, 1.82) is 0 Å². The molecule has 2 rings (SSSR count). The van der Waals surface area contributed by atoms with Crippen LogP contribution in [0.3, 0.4) is 0 Å². The first-order valence-electron chi connectivity index (χ1n) is 9.84. The van der Waals surface area contributed by atoms with Crippen LogP contribution >= 0.6 is 0 Å². The number of benzene rings is 1. The van der Waals surface area contributed by atoms with Crippen LogP contribution in [0.25, 0.3) is 0 Å². The summed E-state index contributed by atoms with van der Waals surface area (Å²) >= 11 is 0. The van der Waals surface area contributed by atoms with Crippen LogP contribution in [0.4, 0.5) is 8.78 Å². The molecule has 1 aromatic heterocycles. The van der Waals surface area contributed by atoms with Gasteiger partial charge in [0.2, 0.25) is 5.88 Å². The Morgan fingerprint density at radius 1 is 1.16 bits per heavy atom. The van der Waals surface area contributed by atoms with Crippen LogP contribution in [-0.2, 0) is 11.3 Å². The minimum Gasteiger partial charge on any atom is -0.475 e. The van der Waals surface area contributed by atoms with Crippen LogP contribution in [0, 0.1) is 0 Å².